The summed E-state index contributed by atoms with van der Waals surface area (Å²) in [5.74, 6) is 0.906. The fourth-order valence-electron chi connectivity index (χ4n) is 1.96. The number of epoxide rings is 1. The lowest BCUT2D eigenvalue weighted by atomic mass is 10.0. The third kappa shape index (κ3) is 1.20. The molecule has 1 aliphatic carbocycles. The largest absolute Gasteiger partial charge is 0.361 e. The van der Waals surface area contributed by atoms with Crippen molar-refractivity contribution >= 4 is 5.78 Å². The molecule has 0 radical (unpaired) electrons. The van der Waals surface area contributed by atoms with Gasteiger partial charge in [0.15, 0.2) is 5.78 Å². The van der Waals surface area contributed by atoms with Crippen LogP contribution in [0.25, 0.3) is 0 Å². The van der Waals surface area contributed by atoms with Crippen molar-refractivity contribution < 1.29 is 9.53 Å². The van der Waals surface area contributed by atoms with Gasteiger partial charge < -0.3 is 4.74 Å². The maximum atomic E-state index is 11.1. The van der Waals surface area contributed by atoms with E-state index in [4.69, 9.17) is 4.74 Å². The molecule has 0 spiro atoms. The van der Waals surface area contributed by atoms with Crippen molar-refractivity contribution in [1.29, 1.82) is 0 Å². The van der Waals surface area contributed by atoms with Gasteiger partial charge in [0, 0.05) is 6.42 Å². The van der Waals surface area contributed by atoms with E-state index in [1.54, 1.807) is 0 Å². The molecule has 0 aromatic carbocycles. The minimum absolute atomic E-state index is 0.0249. The van der Waals surface area contributed by atoms with E-state index in [9.17, 15) is 4.79 Å². The summed E-state index contributed by atoms with van der Waals surface area (Å²) in [6, 6.07) is 0. The third-order valence-corrected chi connectivity index (χ3v) is 2.70. The standard InChI is InChI=1S/C9H14O2/c1-2-3-4-6-5-7(10)9-8(6)11-9/h6,8-9H,2-5H2,1H3/t6-,8+,9-/m0/s1. The molecule has 3 atom stereocenters. The van der Waals surface area contributed by atoms with Crippen molar-refractivity contribution in [3.63, 3.8) is 0 Å². The molecule has 2 heteroatoms. The summed E-state index contributed by atoms with van der Waals surface area (Å²) >= 11 is 0. The van der Waals surface area contributed by atoms with Gasteiger partial charge in [-0.15, -0.1) is 0 Å². The van der Waals surface area contributed by atoms with Gasteiger partial charge in [0.1, 0.15) is 6.10 Å². The summed E-state index contributed by atoms with van der Waals surface area (Å²) in [5.41, 5.74) is 0. The van der Waals surface area contributed by atoms with E-state index in [-0.39, 0.29) is 6.10 Å². The lowest BCUT2D eigenvalue weighted by molar-refractivity contribution is -0.120. The molecule has 1 heterocycles. The van der Waals surface area contributed by atoms with Gasteiger partial charge in [0.05, 0.1) is 6.10 Å². The normalized spacial score (nSPS) is 40.8. The van der Waals surface area contributed by atoms with Crippen molar-refractivity contribution in [3.8, 4) is 0 Å². The highest BCUT2D eigenvalue weighted by Gasteiger charge is 2.55. The Labute approximate surface area is 66.9 Å². The molecule has 1 saturated carbocycles. The van der Waals surface area contributed by atoms with Crippen molar-refractivity contribution in [2.75, 3.05) is 0 Å². The zero-order chi connectivity index (χ0) is 7.84. The number of ether oxygens (including phenoxy) is 1. The van der Waals surface area contributed by atoms with Crippen LogP contribution in [0.5, 0.6) is 0 Å². The maximum absolute atomic E-state index is 11.1. The highest BCUT2D eigenvalue weighted by molar-refractivity contribution is 5.89. The SMILES string of the molecule is CCCC[C@H]1CC(=O)[C@@H]2O[C@H]12. The quantitative estimate of drug-likeness (QED) is 0.577. The molecule has 2 aliphatic rings. The summed E-state index contributed by atoms with van der Waals surface area (Å²) in [4.78, 5) is 11.1. The first kappa shape index (κ1) is 7.29. The summed E-state index contributed by atoms with van der Waals surface area (Å²) in [5, 5.41) is 0. The zero-order valence-corrected chi connectivity index (χ0v) is 6.88. The van der Waals surface area contributed by atoms with Crippen molar-refractivity contribution in [3.05, 3.63) is 0 Å². The smallest absolute Gasteiger partial charge is 0.164 e. The van der Waals surface area contributed by atoms with Crippen molar-refractivity contribution in [2.45, 2.75) is 44.8 Å². The summed E-state index contributed by atoms with van der Waals surface area (Å²) < 4.78 is 5.23. The Bertz CT molecular complexity index is 176. The van der Waals surface area contributed by atoms with Crippen LogP contribution in [-0.2, 0) is 9.53 Å². The average Bonchev–Trinajstić information content (AvgIpc) is 2.71. The van der Waals surface area contributed by atoms with Gasteiger partial charge in [-0.3, -0.25) is 4.79 Å². The molecule has 1 aliphatic heterocycles. The second-order valence-corrected chi connectivity index (χ2v) is 3.59. The number of carbonyl (C=O) groups is 1. The Morgan fingerprint density at radius 1 is 1.64 bits per heavy atom. The number of fused-ring (bicyclic) bond motifs is 1. The van der Waals surface area contributed by atoms with E-state index in [1.165, 1.54) is 19.3 Å². The van der Waals surface area contributed by atoms with Gasteiger partial charge >= 0.3 is 0 Å². The zero-order valence-electron chi connectivity index (χ0n) is 6.88. The fraction of sp³-hybridized carbons (Fsp3) is 0.889. The molecule has 2 rings (SSSR count). The number of ketones is 1. The number of hydrogen-bond donors (Lipinski definition) is 0. The van der Waals surface area contributed by atoms with E-state index >= 15 is 0 Å². The first-order valence-electron chi connectivity index (χ1n) is 4.51. The van der Waals surface area contributed by atoms with Gasteiger partial charge in [-0.1, -0.05) is 19.8 Å². The lowest BCUT2D eigenvalue weighted by Gasteiger charge is -2.06. The summed E-state index contributed by atoms with van der Waals surface area (Å²) in [7, 11) is 0. The van der Waals surface area contributed by atoms with Crippen LogP contribution >= 0.6 is 0 Å². The van der Waals surface area contributed by atoms with Gasteiger partial charge in [-0.05, 0) is 12.3 Å². The van der Waals surface area contributed by atoms with Crippen molar-refractivity contribution in [2.24, 2.45) is 5.92 Å². The van der Waals surface area contributed by atoms with Crippen molar-refractivity contribution in [1.82, 2.24) is 0 Å². The van der Waals surface area contributed by atoms with Crippen LogP contribution in [0.4, 0.5) is 0 Å². The number of unbranched alkanes of at least 4 members (excludes halogenated alkanes) is 1. The maximum Gasteiger partial charge on any atom is 0.164 e. The van der Waals surface area contributed by atoms with Gasteiger partial charge in [0.25, 0.3) is 0 Å². The predicted octanol–water partition coefficient (Wildman–Crippen LogP) is 1.53. The highest BCUT2D eigenvalue weighted by Crippen LogP contribution is 2.42. The highest BCUT2D eigenvalue weighted by atomic mass is 16.6. The van der Waals surface area contributed by atoms with Crippen LogP contribution in [-0.4, -0.2) is 18.0 Å². The van der Waals surface area contributed by atoms with Gasteiger partial charge in [-0.2, -0.15) is 0 Å². The first-order chi connectivity index (χ1) is 5.33. The Balaban J connectivity index is 1.83. The molecule has 0 aromatic rings. The van der Waals surface area contributed by atoms with E-state index in [2.05, 4.69) is 6.92 Å². The molecule has 0 unspecified atom stereocenters. The molecule has 0 amide bonds. The van der Waals surface area contributed by atoms with E-state index < -0.39 is 0 Å². The minimum atomic E-state index is 0.0249. The first-order valence-corrected chi connectivity index (χ1v) is 4.51. The van der Waals surface area contributed by atoms with E-state index in [0.717, 1.165) is 6.42 Å². The van der Waals surface area contributed by atoms with E-state index in [1.807, 2.05) is 0 Å². The minimum Gasteiger partial charge on any atom is -0.361 e. The molecular weight excluding hydrogens is 140 g/mol. The van der Waals surface area contributed by atoms with E-state index in [0.29, 0.717) is 17.8 Å². The average molecular weight is 154 g/mol. The third-order valence-electron chi connectivity index (χ3n) is 2.70. The molecule has 11 heavy (non-hydrogen) atoms. The Kier molecular flexibility index (Phi) is 1.72. The van der Waals surface area contributed by atoms with Crippen LogP contribution in [0.15, 0.2) is 0 Å². The topological polar surface area (TPSA) is 29.6 Å². The number of hydrogen-bond acceptors (Lipinski definition) is 2. The Morgan fingerprint density at radius 2 is 2.45 bits per heavy atom. The number of Topliss-reactive ketones (excluding diaryl/α,β-unsaturated/α-hetero) is 1. The van der Waals surface area contributed by atoms with Crippen LogP contribution in [0, 0.1) is 5.92 Å². The molecular formula is C9H14O2. The lowest BCUT2D eigenvalue weighted by Crippen LogP contribution is -2.05. The molecule has 2 nitrogen and oxygen atoms in total. The molecule has 0 N–H and O–H groups in total. The number of rotatable bonds is 3. The number of carbonyl (C=O) groups excluding carboxylic acids is 1. The molecule has 0 aromatic heterocycles. The Morgan fingerprint density at radius 3 is 2.91 bits per heavy atom. The molecule has 2 fully saturated rings. The van der Waals surface area contributed by atoms with Crippen LogP contribution in [0.1, 0.15) is 32.6 Å². The molecule has 62 valence electrons. The fourth-order valence-corrected chi connectivity index (χ4v) is 1.96. The van der Waals surface area contributed by atoms with Crippen LogP contribution in [0.3, 0.4) is 0 Å². The molecule has 1 saturated heterocycles. The Hall–Kier alpha value is -0.370. The second kappa shape index (κ2) is 2.59. The summed E-state index contributed by atoms with van der Waals surface area (Å²) in [6.07, 6.45) is 4.79. The van der Waals surface area contributed by atoms with Gasteiger partial charge in [-0.25, -0.2) is 0 Å². The van der Waals surface area contributed by atoms with Crippen LogP contribution in [0.2, 0.25) is 0 Å². The second-order valence-electron chi connectivity index (χ2n) is 3.59. The monoisotopic (exact) mass is 154 g/mol. The van der Waals surface area contributed by atoms with Crippen LogP contribution < -0.4 is 0 Å². The van der Waals surface area contributed by atoms with Gasteiger partial charge in [0.2, 0.25) is 0 Å². The summed E-state index contributed by atoms with van der Waals surface area (Å²) in [6.45, 7) is 2.18. The molecule has 0 bridgehead atoms. The predicted molar refractivity (Wildman–Crippen MR) is 41.3 cm³/mol.